The molecule has 0 spiro atoms. The number of benzene rings is 7. The second-order valence-electron chi connectivity index (χ2n) is 16.8. The monoisotopic (exact) mass is 912 g/mol. The number of phenols is 1. The molecule has 3 aliphatic rings. The van der Waals surface area contributed by atoms with E-state index in [4.69, 9.17) is 9.47 Å². The number of esters is 2. The minimum Gasteiger partial charge on any atom is -0.512 e. The van der Waals surface area contributed by atoms with Crippen LogP contribution in [0.4, 0.5) is 17.1 Å². The van der Waals surface area contributed by atoms with Crippen molar-refractivity contribution in [3.63, 3.8) is 0 Å². The van der Waals surface area contributed by atoms with E-state index in [1.165, 1.54) is 12.1 Å². The highest BCUT2D eigenvalue weighted by molar-refractivity contribution is 6.31. The van der Waals surface area contributed by atoms with Gasteiger partial charge in [0.2, 0.25) is 0 Å². The highest BCUT2D eigenvalue weighted by Crippen LogP contribution is 2.41. The third-order valence-electron chi connectivity index (χ3n) is 12.5. The maximum Gasteiger partial charge on any atom is 0.317 e. The Hall–Kier alpha value is -9.16. The first-order valence-electron chi connectivity index (χ1n) is 22.1. The number of aliphatic hydroxyl groups is 1. The molecule has 12 heteroatoms. The van der Waals surface area contributed by atoms with Gasteiger partial charge >= 0.3 is 11.9 Å². The molecular weight excluding hydrogens is 873 g/mol. The van der Waals surface area contributed by atoms with Gasteiger partial charge in [-0.15, -0.1) is 0 Å². The number of hydrogen-bond donors (Lipinski definition) is 4. The molecule has 0 bridgehead atoms. The van der Waals surface area contributed by atoms with Crippen LogP contribution in [-0.2, 0) is 32.3 Å². The fraction of sp³-hybridized carbons (Fsp3) is 0.0877. The molecule has 12 nitrogen and oxygen atoms in total. The molecule has 0 heterocycles. The molecule has 338 valence electrons. The van der Waals surface area contributed by atoms with Crippen LogP contribution < -0.4 is 10.6 Å². The summed E-state index contributed by atoms with van der Waals surface area (Å²) in [6.07, 6.45) is 2.54. The number of aliphatic hydroxyl groups excluding tert-OH is 1. The topological polar surface area (TPSA) is 185 Å². The van der Waals surface area contributed by atoms with Crippen molar-refractivity contribution >= 4 is 52.1 Å². The van der Waals surface area contributed by atoms with E-state index in [-0.39, 0.29) is 64.3 Å². The quantitative estimate of drug-likeness (QED) is 0.0517. The van der Waals surface area contributed by atoms with E-state index in [0.717, 1.165) is 33.4 Å². The van der Waals surface area contributed by atoms with Crippen molar-refractivity contribution in [3.8, 4) is 28.0 Å². The van der Waals surface area contributed by atoms with E-state index in [2.05, 4.69) is 10.6 Å². The van der Waals surface area contributed by atoms with Crippen molar-refractivity contribution < 1.29 is 48.5 Å². The molecule has 0 amide bonds. The molecular formula is C57H40N2O10. The summed E-state index contributed by atoms with van der Waals surface area (Å²) in [6, 6.07) is 46.1. The van der Waals surface area contributed by atoms with E-state index in [1.807, 2.05) is 97.1 Å². The van der Waals surface area contributed by atoms with Gasteiger partial charge in [0.25, 0.3) is 0 Å². The zero-order chi connectivity index (χ0) is 47.8. The van der Waals surface area contributed by atoms with Gasteiger partial charge in [-0.3, -0.25) is 28.8 Å². The molecule has 0 saturated heterocycles. The average molecular weight is 913 g/mol. The maximum absolute atomic E-state index is 13.5. The molecule has 0 aromatic heterocycles. The lowest BCUT2D eigenvalue weighted by Gasteiger charge is -2.34. The number of nitrogens with one attached hydrogen (secondary N) is 2. The zero-order valence-electron chi connectivity index (χ0n) is 36.6. The van der Waals surface area contributed by atoms with Gasteiger partial charge in [0.05, 0.1) is 28.7 Å². The van der Waals surface area contributed by atoms with Crippen molar-refractivity contribution in [2.75, 3.05) is 10.6 Å². The summed E-state index contributed by atoms with van der Waals surface area (Å²) in [7, 11) is 0. The fourth-order valence-corrected chi connectivity index (χ4v) is 8.94. The van der Waals surface area contributed by atoms with E-state index in [0.29, 0.717) is 33.9 Å². The average Bonchev–Trinajstić information content (AvgIpc) is 3.37. The summed E-state index contributed by atoms with van der Waals surface area (Å²) >= 11 is 0. The van der Waals surface area contributed by atoms with Crippen LogP contribution in [0.15, 0.2) is 181 Å². The van der Waals surface area contributed by atoms with Crippen LogP contribution in [0.2, 0.25) is 0 Å². The molecule has 2 atom stereocenters. The van der Waals surface area contributed by atoms with E-state index >= 15 is 0 Å². The van der Waals surface area contributed by atoms with Crippen LogP contribution in [-0.4, -0.2) is 45.3 Å². The number of phenolic OH excluding ortho intramolecular Hbond substituents is 1. The van der Waals surface area contributed by atoms with E-state index in [1.54, 1.807) is 60.7 Å². The first-order valence-corrected chi connectivity index (χ1v) is 22.1. The summed E-state index contributed by atoms with van der Waals surface area (Å²) in [4.78, 5) is 78.5. The lowest BCUT2D eigenvalue weighted by Crippen LogP contribution is -2.41. The van der Waals surface area contributed by atoms with Crippen LogP contribution in [0.25, 0.3) is 22.3 Å². The molecule has 7 aromatic carbocycles. The molecule has 0 saturated carbocycles. The minimum atomic E-state index is -0.981. The van der Waals surface area contributed by atoms with Gasteiger partial charge in [-0.2, -0.15) is 0 Å². The molecule has 0 radical (unpaired) electrons. The number of ketones is 4. The smallest absolute Gasteiger partial charge is 0.317 e. The predicted molar refractivity (Wildman–Crippen MR) is 257 cm³/mol. The number of carbonyl (C=O) groups is 6. The van der Waals surface area contributed by atoms with Gasteiger partial charge in [-0.1, -0.05) is 121 Å². The Kier molecular flexibility index (Phi) is 11.6. The first-order chi connectivity index (χ1) is 33.5. The Balaban J connectivity index is 0.679. The number of carbonyl (C=O) groups excluding carboxylic acids is 6. The molecule has 2 unspecified atom stereocenters. The Morgan fingerprint density at radius 3 is 1.41 bits per heavy atom. The molecule has 3 aliphatic carbocycles. The summed E-state index contributed by atoms with van der Waals surface area (Å²) in [5.74, 6) is -4.94. The lowest BCUT2D eigenvalue weighted by atomic mass is 9.70. The number of anilines is 3. The van der Waals surface area contributed by atoms with E-state index in [9.17, 15) is 39.0 Å². The molecule has 4 N–H and O–H groups in total. The fourth-order valence-electron chi connectivity index (χ4n) is 8.94. The van der Waals surface area contributed by atoms with Crippen molar-refractivity contribution in [1.82, 2.24) is 0 Å². The Labute approximate surface area is 395 Å². The van der Waals surface area contributed by atoms with Crippen LogP contribution in [0.3, 0.4) is 0 Å². The third-order valence-corrected chi connectivity index (χ3v) is 12.5. The van der Waals surface area contributed by atoms with Gasteiger partial charge < -0.3 is 30.3 Å². The van der Waals surface area contributed by atoms with Crippen LogP contribution in [0, 0.1) is 11.8 Å². The highest BCUT2D eigenvalue weighted by atomic mass is 16.6. The number of fused-ring (bicyclic) bond motifs is 4. The number of rotatable bonds is 12. The maximum atomic E-state index is 13.5. The van der Waals surface area contributed by atoms with Gasteiger partial charge in [-0.25, -0.2) is 0 Å². The van der Waals surface area contributed by atoms with Crippen molar-refractivity contribution in [2.45, 2.75) is 19.6 Å². The molecule has 0 fully saturated rings. The second-order valence-corrected chi connectivity index (χ2v) is 16.8. The largest absolute Gasteiger partial charge is 0.512 e. The van der Waals surface area contributed by atoms with Gasteiger partial charge in [-0.05, 0) is 81.9 Å². The van der Waals surface area contributed by atoms with Gasteiger partial charge in [0.15, 0.2) is 23.1 Å². The number of allylic oxidation sites excluding steroid dienone is 4. The third kappa shape index (κ3) is 8.58. The van der Waals surface area contributed by atoms with Crippen LogP contribution in [0.1, 0.15) is 70.1 Å². The number of aromatic hydroxyl groups is 1. The summed E-state index contributed by atoms with van der Waals surface area (Å²) < 4.78 is 10.7. The van der Waals surface area contributed by atoms with Crippen molar-refractivity contribution in [2.24, 2.45) is 11.8 Å². The molecule has 0 aliphatic heterocycles. The summed E-state index contributed by atoms with van der Waals surface area (Å²) in [6.45, 7) is -0.0674. The summed E-state index contributed by atoms with van der Waals surface area (Å²) in [5, 5.41) is 27.6. The van der Waals surface area contributed by atoms with Crippen LogP contribution in [0.5, 0.6) is 5.75 Å². The van der Waals surface area contributed by atoms with Gasteiger partial charge in [0.1, 0.15) is 31.1 Å². The Bertz CT molecular complexity index is 3320. The van der Waals surface area contributed by atoms with Gasteiger partial charge in [0, 0.05) is 39.3 Å². The second kappa shape index (κ2) is 18.3. The minimum absolute atomic E-state index is 0.0232. The van der Waals surface area contributed by atoms with Crippen LogP contribution >= 0.6 is 0 Å². The molecule has 69 heavy (non-hydrogen) atoms. The normalized spacial score (nSPS) is 15.7. The molecule has 10 rings (SSSR count). The number of ether oxygens (including phenoxy) is 2. The Morgan fingerprint density at radius 2 is 0.899 bits per heavy atom. The highest BCUT2D eigenvalue weighted by Gasteiger charge is 2.46. The van der Waals surface area contributed by atoms with Crippen molar-refractivity contribution in [1.29, 1.82) is 0 Å². The summed E-state index contributed by atoms with van der Waals surface area (Å²) in [5.41, 5.74) is 8.67. The molecule has 7 aromatic rings. The zero-order valence-corrected chi connectivity index (χ0v) is 36.6. The van der Waals surface area contributed by atoms with Crippen molar-refractivity contribution in [3.05, 3.63) is 226 Å². The predicted octanol–water partition coefficient (Wildman–Crippen LogP) is 10.5. The standard InChI is InChI=1S/C57H40N2O10/c60-46-27-25-44(50-52(46)56(66)42-7-3-1-5-40(42)54(50)64)58-38-21-17-36(18-22-38)34-13-9-32(10-14-34)30-68-48(62)29-49(63)69-31-33-11-15-35(16-12-33)37-19-23-39(24-20-37)59-45-26-28-47(61)53-51(45)55(65)41-6-2-4-8-43(41)57(53)67/h1-28,50,52,58-61H,29-31H2. The SMILES string of the molecule is O=C(CC(=O)OCc1ccc(-c2ccc(Nc3ccc(O)c4c3C(=O)c3ccccc3C4=O)cc2)cc1)OCc1ccc(-c2ccc(NC3=CC=C(O)C4C(=O)c5ccccc5C(=O)C34)cc2)cc1. The number of hydrogen-bond acceptors (Lipinski definition) is 12. The lowest BCUT2D eigenvalue weighted by molar-refractivity contribution is -0.156. The number of Topliss-reactive ketones (excluding diaryl/α,β-unsaturated/α-hetero) is 2. The van der Waals surface area contributed by atoms with E-state index < -0.39 is 36.0 Å². The Morgan fingerprint density at radius 1 is 0.464 bits per heavy atom. The first kappa shape index (κ1) is 43.7.